The summed E-state index contributed by atoms with van der Waals surface area (Å²) in [7, 11) is 0. The number of aryl methyl sites for hydroxylation is 1. The third-order valence-electron chi connectivity index (χ3n) is 4.15. The molecule has 25 heavy (non-hydrogen) atoms. The highest BCUT2D eigenvalue weighted by molar-refractivity contribution is 5.89. The lowest BCUT2D eigenvalue weighted by atomic mass is 10.1. The Balaban J connectivity index is 1.53. The van der Waals surface area contributed by atoms with E-state index in [1.165, 1.54) is 0 Å². The Morgan fingerprint density at radius 1 is 1.32 bits per heavy atom. The van der Waals surface area contributed by atoms with E-state index in [0.717, 1.165) is 18.5 Å². The molecule has 2 aromatic rings. The Labute approximate surface area is 146 Å². The summed E-state index contributed by atoms with van der Waals surface area (Å²) < 4.78 is 7.24. The fraction of sp³-hybridized carbons (Fsp3) is 0.389. The molecule has 0 saturated carbocycles. The summed E-state index contributed by atoms with van der Waals surface area (Å²) in [6.07, 6.45) is 6.15. The first-order valence-electron chi connectivity index (χ1n) is 8.38. The summed E-state index contributed by atoms with van der Waals surface area (Å²) >= 11 is 0. The van der Waals surface area contributed by atoms with E-state index in [2.05, 4.69) is 10.3 Å². The Hall–Kier alpha value is -2.67. The van der Waals surface area contributed by atoms with Crippen LogP contribution in [0.25, 0.3) is 0 Å². The number of nitrogens with one attached hydrogen (secondary N) is 1. The van der Waals surface area contributed by atoms with Gasteiger partial charge in [-0.15, -0.1) is 0 Å². The Bertz CT molecular complexity index is 688. The average molecular weight is 342 g/mol. The molecule has 0 spiro atoms. The second-order valence-corrected chi connectivity index (χ2v) is 5.98. The number of imidazole rings is 1. The summed E-state index contributed by atoms with van der Waals surface area (Å²) in [5, 5.41) is 2.90. The van der Waals surface area contributed by atoms with E-state index < -0.39 is 6.04 Å². The topological polar surface area (TPSA) is 76.5 Å². The first kappa shape index (κ1) is 17.2. The van der Waals surface area contributed by atoms with E-state index in [9.17, 15) is 9.59 Å². The van der Waals surface area contributed by atoms with Crippen molar-refractivity contribution < 1.29 is 14.3 Å². The number of ether oxygens (including phenoxy) is 1. The molecule has 2 amide bonds. The van der Waals surface area contributed by atoms with Crippen LogP contribution in [0.2, 0.25) is 0 Å². The molecule has 7 nitrogen and oxygen atoms in total. The fourth-order valence-corrected chi connectivity index (χ4v) is 2.81. The molecule has 1 fully saturated rings. The molecule has 1 aliphatic rings. The van der Waals surface area contributed by atoms with E-state index >= 15 is 0 Å². The van der Waals surface area contributed by atoms with Gasteiger partial charge in [-0.05, 0) is 12.0 Å². The molecule has 0 bridgehead atoms. The minimum atomic E-state index is -0.588. The number of hydrogen-bond donors (Lipinski definition) is 1. The normalized spacial score (nSPS) is 17.5. The van der Waals surface area contributed by atoms with Crippen LogP contribution in [0.4, 0.5) is 0 Å². The van der Waals surface area contributed by atoms with Crippen molar-refractivity contribution in [2.24, 2.45) is 0 Å². The molecule has 0 radical (unpaired) electrons. The second-order valence-electron chi connectivity index (χ2n) is 5.98. The van der Waals surface area contributed by atoms with Gasteiger partial charge >= 0.3 is 0 Å². The molecular formula is C18H22N4O3. The number of morpholine rings is 1. The molecule has 3 rings (SSSR count). The lowest BCUT2D eigenvalue weighted by Crippen LogP contribution is -2.56. The molecule has 1 N–H and O–H groups in total. The zero-order chi connectivity index (χ0) is 17.5. The predicted molar refractivity (Wildman–Crippen MR) is 91.5 cm³/mol. The van der Waals surface area contributed by atoms with Crippen molar-refractivity contribution >= 4 is 11.8 Å². The van der Waals surface area contributed by atoms with Gasteiger partial charge in [0.05, 0.1) is 12.9 Å². The number of rotatable bonds is 7. The van der Waals surface area contributed by atoms with Crippen LogP contribution in [0.1, 0.15) is 12.0 Å². The number of aromatic nitrogens is 2. The van der Waals surface area contributed by atoms with Gasteiger partial charge < -0.3 is 19.5 Å². The highest BCUT2D eigenvalue weighted by Crippen LogP contribution is 2.13. The number of amides is 2. The quantitative estimate of drug-likeness (QED) is 0.756. The van der Waals surface area contributed by atoms with Crippen LogP contribution in [-0.2, 0) is 27.4 Å². The smallest absolute Gasteiger partial charge is 0.249 e. The molecular weight excluding hydrogens is 320 g/mol. The van der Waals surface area contributed by atoms with E-state index in [-0.39, 0.29) is 25.0 Å². The van der Waals surface area contributed by atoms with Crippen molar-refractivity contribution in [3.05, 3.63) is 54.6 Å². The summed E-state index contributed by atoms with van der Waals surface area (Å²) in [4.78, 5) is 30.3. The fourth-order valence-electron chi connectivity index (χ4n) is 2.81. The SMILES string of the molecule is O=C(NCCCn1ccnc1)[C@H]1COCC(=O)N1Cc1ccccc1. The van der Waals surface area contributed by atoms with Gasteiger partial charge in [-0.25, -0.2) is 4.98 Å². The Morgan fingerprint density at radius 2 is 2.16 bits per heavy atom. The Morgan fingerprint density at radius 3 is 2.92 bits per heavy atom. The standard InChI is InChI=1S/C18H22N4O3/c23-17-13-25-12-16(22(17)11-15-5-2-1-3-6-15)18(24)20-7-4-9-21-10-8-19-14-21/h1-3,5-6,8,10,14,16H,4,7,9,11-13H2,(H,20,24)/t16-/m1/s1. The molecule has 1 aromatic carbocycles. The monoisotopic (exact) mass is 342 g/mol. The largest absolute Gasteiger partial charge is 0.369 e. The first-order valence-corrected chi connectivity index (χ1v) is 8.38. The number of hydrogen-bond acceptors (Lipinski definition) is 4. The average Bonchev–Trinajstić information content (AvgIpc) is 3.15. The van der Waals surface area contributed by atoms with Gasteiger partial charge in [0.25, 0.3) is 0 Å². The maximum atomic E-state index is 12.5. The third-order valence-corrected chi connectivity index (χ3v) is 4.15. The minimum absolute atomic E-state index is 0.0250. The molecule has 7 heteroatoms. The van der Waals surface area contributed by atoms with Crippen molar-refractivity contribution in [3.63, 3.8) is 0 Å². The van der Waals surface area contributed by atoms with Crippen LogP contribution in [0.5, 0.6) is 0 Å². The highest BCUT2D eigenvalue weighted by Gasteiger charge is 2.33. The summed E-state index contributed by atoms with van der Waals surface area (Å²) in [5.74, 6) is -0.330. The predicted octanol–water partition coefficient (Wildman–Crippen LogP) is 0.817. The van der Waals surface area contributed by atoms with Gasteiger partial charge in [-0.2, -0.15) is 0 Å². The van der Waals surface area contributed by atoms with E-state index in [0.29, 0.717) is 13.1 Å². The lowest BCUT2D eigenvalue weighted by molar-refractivity contribution is -0.155. The molecule has 132 valence electrons. The van der Waals surface area contributed by atoms with E-state index in [4.69, 9.17) is 4.74 Å². The van der Waals surface area contributed by atoms with Crippen LogP contribution in [0.3, 0.4) is 0 Å². The molecule has 0 unspecified atom stereocenters. The number of benzene rings is 1. The summed E-state index contributed by atoms with van der Waals surface area (Å²) in [6.45, 7) is 1.99. The van der Waals surface area contributed by atoms with Gasteiger partial charge in [-0.3, -0.25) is 9.59 Å². The van der Waals surface area contributed by atoms with Crippen molar-refractivity contribution in [2.45, 2.75) is 25.6 Å². The van der Waals surface area contributed by atoms with Gasteiger partial charge in [0, 0.05) is 32.0 Å². The highest BCUT2D eigenvalue weighted by atomic mass is 16.5. The molecule has 1 aromatic heterocycles. The van der Waals surface area contributed by atoms with Crippen molar-refractivity contribution in [3.8, 4) is 0 Å². The second kappa shape index (κ2) is 8.43. The molecule has 1 saturated heterocycles. The van der Waals surface area contributed by atoms with Crippen LogP contribution >= 0.6 is 0 Å². The van der Waals surface area contributed by atoms with Crippen molar-refractivity contribution in [1.29, 1.82) is 0 Å². The van der Waals surface area contributed by atoms with Crippen LogP contribution in [-0.4, -0.2) is 52.1 Å². The number of carbonyl (C=O) groups excluding carboxylic acids is 2. The zero-order valence-electron chi connectivity index (χ0n) is 14.0. The summed E-state index contributed by atoms with van der Waals surface area (Å²) in [5.41, 5.74) is 0.996. The van der Waals surface area contributed by atoms with Gasteiger partial charge in [0.15, 0.2) is 0 Å². The third kappa shape index (κ3) is 4.67. The number of nitrogens with zero attached hydrogens (tertiary/aromatic N) is 3. The first-order chi connectivity index (χ1) is 12.2. The Kier molecular flexibility index (Phi) is 5.79. The zero-order valence-corrected chi connectivity index (χ0v) is 14.0. The molecule has 1 atom stereocenters. The maximum absolute atomic E-state index is 12.5. The minimum Gasteiger partial charge on any atom is -0.369 e. The van der Waals surface area contributed by atoms with Crippen molar-refractivity contribution in [1.82, 2.24) is 19.8 Å². The van der Waals surface area contributed by atoms with Crippen LogP contribution < -0.4 is 5.32 Å². The number of carbonyl (C=O) groups is 2. The van der Waals surface area contributed by atoms with Gasteiger partial charge in [-0.1, -0.05) is 30.3 Å². The van der Waals surface area contributed by atoms with Gasteiger partial charge in [0.1, 0.15) is 12.6 Å². The van der Waals surface area contributed by atoms with Crippen molar-refractivity contribution in [2.75, 3.05) is 19.8 Å². The van der Waals surface area contributed by atoms with Crippen LogP contribution in [0, 0.1) is 0 Å². The lowest BCUT2D eigenvalue weighted by Gasteiger charge is -2.34. The molecule has 1 aliphatic heterocycles. The molecule has 0 aliphatic carbocycles. The maximum Gasteiger partial charge on any atom is 0.249 e. The molecule has 2 heterocycles. The van der Waals surface area contributed by atoms with Gasteiger partial charge in [0.2, 0.25) is 11.8 Å². The van der Waals surface area contributed by atoms with E-state index in [1.54, 1.807) is 17.4 Å². The van der Waals surface area contributed by atoms with E-state index in [1.807, 2.05) is 41.1 Å². The summed E-state index contributed by atoms with van der Waals surface area (Å²) in [6, 6.07) is 9.08. The van der Waals surface area contributed by atoms with Crippen LogP contribution in [0.15, 0.2) is 49.1 Å².